The molecule has 0 amide bonds. The van der Waals surface area contributed by atoms with Gasteiger partial charge >= 0.3 is 24.1 Å². The van der Waals surface area contributed by atoms with Gasteiger partial charge < -0.3 is 4.74 Å². The van der Waals surface area contributed by atoms with Gasteiger partial charge in [-0.2, -0.15) is 30.7 Å². The predicted molar refractivity (Wildman–Crippen MR) is 31.6 cm³/mol. The Labute approximate surface area is 74.1 Å². The summed E-state index contributed by atoms with van der Waals surface area (Å²) in [6.07, 6.45) is -9.90. The molecule has 0 rings (SSSR count). The number of hydrogen-bond acceptors (Lipinski definition) is 1. The molecule has 84 valence electrons. The lowest BCUT2D eigenvalue weighted by Gasteiger charge is -2.23. The molecule has 0 aliphatic heterocycles. The highest BCUT2D eigenvalue weighted by molar-refractivity contribution is 4.86. The highest BCUT2D eigenvalue weighted by atomic mass is 19.3. The molecule has 0 N–H and O–H groups in total. The molecule has 0 bridgehead atoms. The van der Waals surface area contributed by atoms with Crippen LogP contribution in [0.4, 0.5) is 30.7 Å². The standard InChI is InChI=1S/C6H5F7O/c1-2-5(10,11)6(12,13)14-4(9)3(7)8/h2H2,1H3. The zero-order valence-corrected chi connectivity index (χ0v) is 6.76. The number of hydrogen-bond donors (Lipinski definition) is 0. The van der Waals surface area contributed by atoms with Gasteiger partial charge in [0.1, 0.15) is 0 Å². The summed E-state index contributed by atoms with van der Waals surface area (Å²) in [6, 6.07) is -3.01. The van der Waals surface area contributed by atoms with Gasteiger partial charge in [0.05, 0.1) is 0 Å². The van der Waals surface area contributed by atoms with Crippen molar-refractivity contribution in [2.45, 2.75) is 25.4 Å². The van der Waals surface area contributed by atoms with Crippen LogP contribution in [0.2, 0.25) is 0 Å². The van der Waals surface area contributed by atoms with E-state index >= 15 is 0 Å². The molecule has 0 aliphatic rings. The summed E-state index contributed by atoms with van der Waals surface area (Å²) in [7, 11) is 0. The second-order valence-electron chi connectivity index (χ2n) is 2.21. The van der Waals surface area contributed by atoms with Crippen LogP contribution in [0, 0.1) is 0 Å². The van der Waals surface area contributed by atoms with E-state index in [-0.39, 0.29) is 0 Å². The van der Waals surface area contributed by atoms with Crippen LogP contribution in [-0.2, 0) is 4.74 Å². The molecule has 0 fully saturated rings. The average molecular weight is 226 g/mol. The van der Waals surface area contributed by atoms with Gasteiger partial charge in [-0.15, -0.1) is 0 Å². The molecule has 0 saturated carbocycles. The Balaban J connectivity index is 4.74. The van der Waals surface area contributed by atoms with Crippen LogP contribution in [0.15, 0.2) is 12.1 Å². The van der Waals surface area contributed by atoms with Crippen molar-refractivity contribution in [3.05, 3.63) is 12.1 Å². The molecule has 0 radical (unpaired) electrons. The van der Waals surface area contributed by atoms with Gasteiger partial charge in [0, 0.05) is 6.42 Å². The number of ether oxygens (including phenoxy) is 1. The van der Waals surface area contributed by atoms with Crippen LogP contribution in [0.5, 0.6) is 0 Å². The Morgan fingerprint density at radius 2 is 1.50 bits per heavy atom. The average Bonchev–Trinajstić information content (AvgIpc) is 2.03. The summed E-state index contributed by atoms with van der Waals surface area (Å²) >= 11 is 0. The molecule has 0 aromatic rings. The molecule has 1 nitrogen and oxygen atoms in total. The lowest BCUT2D eigenvalue weighted by atomic mass is 10.2. The molecule has 14 heavy (non-hydrogen) atoms. The summed E-state index contributed by atoms with van der Waals surface area (Å²) in [4.78, 5) is 0. The SMILES string of the molecule is CCC(F)(F)C(F)(F)OC(F)=C(F)F. The Morgan fingerprint density at radius 1 is 1.07 bits per heavy atom. The van der Waals surface area contributed by atoms with E-state index in [0.717, 1.165) is 0 Å². The van der Waals surface area contributed by atoms with Gasteiger partial charge in [-0.1, -0.05) is 6.92 Å². The van der Waals surface area contributed by atoms with Crippen LogP contribution in [0.1, 0.15) is 13.3 Å². The molecule has 0 unspecified atom stereocenters. The molecule has 0 atom stereocenters. The van der Waals surface area contributed by atoms with Gasteiger partial charge in [-0.25, -0.2) is 0 Å². The first-order valence-corrected chi connectivity index (χ1v) is 3.29. The monoisotopic (exact) mass is 226 g/mol. The molecule has 0 heterocycles. The van der Waals surface area contributed by atoms with E-state index in [1.807, 2.05) is 0 Å². The topological polar surface area (TPSA) is 9.23 Å². The van der Waals surface area contributed by atoms with E-state index in [9.17, 15) is 30.7 Å². The second kappa shape index (κ2) is 4.05. The van der Waals surface area contributed by atoms with Crippen LogP contribution in [-0.4, -0.2) is 12.0 Å². The van der Waals surface area contributed by atoms with Gasteiger partial charge in [-0.05, 0) is 0 Å². The highest BCUT2D eigenvalue weighted by Gasteiger charge is 2.58. The third kappa shape index (κ3) is 2.78. The summed E-state index contributed by atoms with van der Waals surface area (Å²) in [5, 5.41) is 0. The van der Waals surface area contributed by atoms with Crippen LogP contribution < -0.4 is 0 Å². The van der Waals surface area contributed by atoms with Crippen LogP contribution in [0.25, 0.3) is 0 Å². The molecule has 0 aromatic heterocycles. The zero-order valence-electron chi connectivity index (χ0n) is 6.76. The third-order valence-electron chi connectivity index (χ3n) is 1.24. The van der Waals surface area contributed by atoms with Crippen molar-refractivity contribution in [1.82, 2.24) is 0 Å². The largest absolute Gasteiger partial charge is 0.466 e. The lowest BCUT2D eigenvalue weighted by molar-refractivity contribution is -0.340. The maximum Gasteiger partial charge on any atom is 0.466 e. The van der Waals surface area contributed by atoms with Gasteiger partial charge in [0.15, 0.2) is 0 Å². The van der Waals surface area contributed by atoms with Crippen molar-refractivity contribution in [3.63, 3.8) is 0 Å². The van der Waals surface area contributed by atoms with E-state index < -0.39 is 30.5 Å². The first-order valence-electron chi connectivity index (χ1n) is 3.29. The van der Waals surface area contributed by atoms with Crippen LogP contribution in [0.3, 0.4) is 0 Å². The Morgan fingerprint density at radius 3 is 1.79 bits per heavy atom. The molecule has 0 aliphatic carbocycles. The Hall–Kier alpha value is -0.950. The fraction of sp³-hybridized carbons (Fsp3) is 0.667. The maximum atomic E-state index is 12.2. The Kier molecular flexibility index (Phi) is 3.78. The normalized spacial score (nSPS) is 12.6. The number of halogens is 7. The minimum atomic E-state index is -5.30. The maximum absolute atomic E-state index is 12.2. The first kappa shape index (κ1) is 13.1. The Bertz CT molecular complexity index is 230. The second-order valence-corrected chi connectivity index (χ2v) is 2.21. The lowest BCUT2D eigenvalue weighted by Crippen LogP contribution is -2.41. The molecular weight excluding hydrogens is 221 g/mol. The molecule has 0 saturated heterocycles. The number of alkyl halides is 4. The molecule has 0 spiro atoms. The minimum Gasteiger partial charge on any atom is -0.398 e. The fourth-order valence-electron chi connectivity index (χ4n) is 0.432. The summed E-state index contributed by atoms with van der Waals surface area (Å²) < 4.78 is 85.8. The first-order chi connectivity index (χ1) is 6.14. The van der Waals surface area contributed by atoms with E-state index in [4.69, 9.17) is 0 Å². The van der Waals surface area contributed by atoms with Crippen molar-refractivity contribution < 1.29 is 35.5 Å². The number of rotatable bonds is 4. The van der Waals surface area contributed by atoms with Crippen molar-refractivity contribution in [3.8, 4) is 0 Å². The molecular formula is C6H5F7O. The fourth-order valence-corrected chi connectivity index (χ4v) is 0.432. The van der Waals surface area contributed by atoms with E-state index in [1.165, 1.54) is 0 Å². The van der Waals surface area contributed by atoms with E-state index in [0.29, 0.717) is 6.92 Å². The molecule has 8 heteroatoms. The van der Waals surface area contributed by atoms with Crippen molar-refractivity contribution in [2.75, 3.05) is 0 Å². The van der Waals surface area contributed by atoms with E-state index in [1.54, 1.807) is 0 Å². The minimum absolute atomic E-state index is 0.671. The predicted octanol–water partition coefficient (Wildman–Crippen LogP) is 3.68. The summed E-state index contributed by atoms with van der Waals surface area (Å²) in [5.74, 6) is -4.71. The smallest absolute Gasteiger partial charge is 0.398 e. The quantitative estimate of drug-likeness (QED) is 0.524. The van der Waals surface area contributed by atoms with Crippen molar-refractivity contribution >= 4 is 0 Å². The third-order valence-corrected chi connectivity index (χ3v) is 1.24. The highest BCUT2D eigenvalue weighted by Crippen LogP contribution is 2.39. The van der Waals surface area contributed by atoms with Crippen molar-refractivity contribution in [1.29, 1.82) is 0 Å². The van der Waals surface area contributed by atoms with Gasteiger partial charge in [-0.3, -0.25) is 0 Å². The van der Waals surface area contributed by atoms with E-state index in [2.05, 4.69) is 4.74 Å². The summed E-state index contributed by atoms with van der Waals surface area (Å²) in [5.41, 5.74) is 0. The van der Waals surface area contributed by atoms with Gasteiger partial charge in [0.2, 0.25) is 0 Å². The zero-order chi connectivity index (χ0) is 11.6. The van der Waals surface area contributed by atoms with Gasteiger partial charge in [0.25, 0.3) is 0 Å². The summed E-state index contributed by atoms with van der Waals surface area (Å²) in [6.45, 7) is 0.671. The van der Waals surface area contributed by atoms with Crippen molar-refractivity contribution in [2.24, 2.45) is 0 Å². The molecule has 0 aromatic carbocycles. The van der Waals surface area contributed by atoms with Crippen LogP contribution >= 0.6 is 0 Å².